The van der Waals surface area contributed by atoms with E-state index in [1.807, 2.05) is 45.0 Å². The molecule has 0 saturated carbocycles. The van der Waals surface area contributed by atoms with Gasteiger partial charge in [0.1, 0.15) is 18.5 Å². The van der Waals surface area contributed by atoms with Gasteiger partial charge in [-0.05, 0) is 63.4 Å². The highest BCUT2D eigenvalue weighted by Crippen LogP contribution is 2.27. The average molecular weight is 494 g/mol. The van der Waals surface area contributed by atoms with Gasteiger partial charge in [-0.25, -0.2) is 4.68 Å². The summed E-state index contributed by atoms with van der Waals surface area (Å²) in [6.07, 6.45) is 3.39. The first-order valence-electron chi connectivity index (χ1n) is 11.4. The summed E-state index contributed by atoms with van der Waals surface area (Å²) in [5.74, 6) is 1.10. The van der Waals surface area contributed by atoms with Crippen molar-refractivity contribution in [2.24, 2.45) is 5.41 Å². The zero-order chi connectivity index (χ0) is 24.8. The number of nitrogens with zero attached hydrogens (tertiary/aromatic N) is 2. The van der Waals surface area contributed by atoms with E-state index in [0.717, 1.165) is 30.8 Å². The van der Waals surface area contributed by atoms with Crippen LogP contribution in [0.3, 0.4) is 0 Å². The molecule has 0 N–H and O–H groups in total. The van der Waals surface area contributed by atoms with Crippen molar-refractivity contribution in [2.45, 2.75) is 85.7 Å². The Morgan fingerprint density at radius 2 is 1.73 bits per heavy atom. The second kappa shape index (κ2) is 11.5. The third-order valence-electron chi connectivity index (χ3n) is 4.81. The van der Waals surface area contributed by atoms with Gasteiger partial charge in [0, 0.05) is 13.0 Å². The van der Waals surface area contributed by atoms with Crippen molar-refractivity contribution in [2.75, 3.05) is 6.61 Å². The van der Waals surface area contributed by atoms with Crippen LogP contribution >= 0.6 is 11.6 Å². The molecular formula is C25H38ClN2O4Si. The summed E-state index contributed by atoms with van der Waals surface area (Å²) in [5.41, 5.74) is 0.290. The first-order valence-corrected chi connectivity index (χ1v) is 14.1. The standard InChI is InChI=1S/C25H38ClN2O4Si/c1-24(2,3)15-20(13-14-31-33(7)8)32-19-11-9-18(10-12-19)17-30-21-16-27-28(25(4,5)6)23(29)22(21)26/h9-12,16,20H,13-15,17H2,1-8H3. The van der Waals surface area contributed by atoms with Crippen LogP contribution in [0.4, 0.5) is 0 Å². The molecule has 1 aromatic heterocycles. The predicted molar refractivity (Wildman–Crippen MR) is 136 cm³/mol. The van der Waals surface area contributed by atoms with Crippen molar-refractivity contribution in [3.63, 3.8) is 0 Å². The van der Waals surface area contributed by atoms with Crippen molar-refractivity contribution >= 4 is 20.6 Å². The Kier molecular flexibility index (Phi) is 9.58. The second-order valence-electron chi connectivity index (χ2n) is 10.7. The van der Waals surface area contributed by atoms with E-state index in [4.69, 9.17) is 25.5 Å². The van der Waals surface area contributed by atoms with E-state index in [1.165, 1.54) is 10.9 Å². The predicted octanol–water partition coefficient (Wildman–Crippen LogP) is 6.07. The van der Waals surface area contributed by atoms with Crippen LogP contribution in [0.25, 0.3) is 0 Å². The summed E-state index contributed by atoms with van der Waals surface area (Å²) in [6.45, 7) is 17.6. The molecule has 1 heterocycles. The topological polar surface area (TPSA) is 62.6 Å². The number of benzene rings is 1. The van der Waals surface area contributed by atoms with Crippen LogP contribution in [-0.4, -0.2) is 31.5 Å². The first kappa shape index (κ1) is 27.4. The Labute approximate surface area is 204 Å². The molecule has 0 amide bonds. The van der Waals surface area contributed by atoms with E-state index in [9.17, 15) is 4.79 Å². The summed E-state index contributed by atoms with van der Waals surface area (Å²) in [4.78, 5) is 12.5. The lowest BCUT2D eigenvalue weighted by Gasteiger charge is -2.27. The Morgan fingerprint density at radius 3 is 2.27 bits per heavy atom. The quantitative estimate of drug-likeness (QED) is 0.376. The van der Waals surface area contributed by atoms with Crippen LogP contribution in [0.5, 0.6) is 11.5 Å². The van der Waals surface area contributed by atoms with Gasteiger partial charge < -0.3 is 13.9 Å². The molecule has 0 fully saturated rings. The summed E-state index contributed by atoms with van der Waals surface area (Å²) >= 11 is 6.24. The summed E-state index contributed by atoms with van der Waals surface area (Å²) in [7, 11) is -0.700. The largest absolute Gasteiger partial charge is 0.490 e. The molecule has 0 spiro atoms. The highest BCUT2D eigenvalue weighted by molar-refractivity contribution is 6.48. The molecule has 33 heavy (non-hydrogen) atoms. The molecule has 2 rings (SSSR count). The fourth-order valence-corrected chi connectivity index (χ4v) is 4.00. The van der Waals surface area contributed by atoms with Crippen LogP contribution in [0.15, 0.2) is 35.3 Å². The molecule has 1 radical (unpaired) electrons. The van der Waals surface area contributed by atoms with Gasteiger partial charge in [0.05, 0.1) is 11.7 Å². The molecule has 6 nitrogen and oxygen atoms in total. The number of rotatable bonds is 10. The summed E-state index contributed by atoms with van der Waals surface area (Å²) in [5, 5.41) is 4.24. The lowest BCUT2D eigenvalue weighted by Crippen LogP contribution is -2.36. The SMILES string of the molecule is C[Si](C)OCCC(CC(C)(C)C)Oc1ccc(COc2cnn(C(C)(C)C)c(=O)c2Cl)cc1. The smallest absolute Gasteiger partial charge is 0.289 e. The van der Waals surface area contributed by atoms with Gasteiger partial charge in [-0.3, -0.25) is 4.79 Å². The van der Waals surface area contributed by atoms with Crippen molar-refractivity contribution in [1.82, 2.24) is 9.78 Å². The lowest BCUT2D eigenvalue weighted by atomic mass is 9.88. The lowest BCUT2D eigenvalue weighted by molar-refractivity contribution is 0.117. The summed E-state index contributed by atoms with van der Waals surface area (Å²) in [6, 6.07) is 7.80. The number of hydrogen-bond donors (Lipinski definition) is 0. The molecular weight excluding hydrogens is 456 g/mol. The zero-order valence-corrected chi connectivity index (χ0v) is 23.0. The van der Waals surface area contributed by atoms with Gasteiger partial charge >= 0.3 is 0 Å². The molecule has 1 atom stereocenters. The fourth-order valence-electron chi connectivity index (χ4n) is 3.29. The molecule has 0 aliphatic heterocycles. The third kappa shape index (κ3) is 9.14. The second-order valence-corrected chi connectivity index (χ2v) is 13.2. The van der Waals surface area contributed by atoms with E-state index in [1.54, 1.807) is 0 Å². The Bertz CT molecular complexity index is 947. The van der Waals surface area contributed by atoms with E-state index < -0.39 is 14.6 Å². The number of halogens is 1. The molecule has 0 aliphatic carbocycles. The Balaban J connectivity index is 2.01. The number of ether oxygens (including phenoxy) is 2. The number of hydrogen-bond acceptors (Lipinski definition) is 5. The Morgan fingerprint density at radius 1 is 1.09 bits per heavy atom. The monoisotopic (exact) mass is 493 g/mol. The minimum atomic E-state index is -0.700. The molecule has 0 aliphatic rings. The van der Waals surface area contributed by atoms with Crippen molar-refractivity contribution in [3.8, 4) is 11.5 Å². The maximum absolute atomic E-state index is 12.5. The van der Waals surface area contributed by atoms with Crippen molar-refractivity contribution < 1.29 is 13.9 Å². The number of aromatic nitrogens is 2. The van der Waals surface area contributed by atoms with E-state index >= 15 is 0 Å². The maximum Gasteiger partial charge on any atom is 0.289 e. The molecule has 2 aromatic rings. The van der Waals surface area contributed by atoms with E-state index in [0.29, 0.717) is 0 Å². The molecule has 1 aromatic carbocycles. The van der Waals surface area contributed by atoms with Crippen LogP contribution in [0, 0.1) is 5.41 Å². The van der Waals surface area contributed by atoms with Gasteiger partial charge in [-0.1, -0.05) is 44.5 Å². The van der Waals surface area contributed by atoms with Gasteiger partial charge in [0.25, 0.3) is 5.56 Å². The van der Waals surface area contributed by atoms with Crippen LogP contribution in [0.2, 0.25) is 18.1 Å². The van der Waals surface area contributed by atoms with Gasteiger partial charge in [0.15, 0.2) is 10.8 Å². The fraction of sp³-hybridized carbons (Fsp3) is 0.600. The maximum atomic E-state index is 12.5. The van der Waals surface area contributed by atoms with Gasteiger partial charge in [-0.15, -0.1) is 0 Å². The van der Waals surface area contributed by atoms with E-state index in [2.05, 4.69) is 39.0 Å². The molecule has 8 heteroatoms. The highest BCUT2D eigenvalue weighted by atomic mass is 35.5. The third-order valence-corrected chi connectivity index (χ3v) is 5.94. The van der Waals surface area contributed by atoms with E-state index in [-0.39, 0.29) is 34.5 Å². The van der Waals surface area contributed by atoms with Crippen LogP contribution < -0.4 is 15.0 Å². The van der Waals surface area contributed by atoms with Gasteiger partial charge in [-0.2, -0.15) is 5.10 Å². The first-order chi connectivity index (χ1) is 15.3. The van der Waals surface area contributed by atoms with Crippen molar-refractivity contribution in [3.05, 3.63) is 51.4 Å². The van der Waals surface area contributed by atoms with Crippen LogP contribution in [0.1, 0.15) is 59.9 Å². The average Bonchev–Trinajstić information content (AvgIpc) is 2.67. The molecule has 1 unspecified atom stereocenters. The molecule has 0 bridgehead atoms. The molecule has 0 saturated heterocycles. The minimum Gasteiger partial charge on any atom is -0.490 e. The zero-order valence-electron chi connectivity index (χ0n) is 21.2. The normalized spacial score (nSPS) is 13.3. The Hall–Kier alpha value is -1.83. The summed E-state index contributed by atoms with van der Waals surface area (Å²) < 4.78 is 19.2. The van der Waals surface area contributed by atoms with Crippen LogP contribution in [-0.2, 0) is 16.6 Å². The highest BCUT2D eigenvalue weighted by Gasteiger charge is 2.21. The minimum absolute atomic E-state index is 0.0377. The van der Waals surface area contributed by atoms with Gasteiger partial charge in [0.2, 0.25) is 9.04 Å². The van der Waals surface area contributed by atoms with Crippen molar-refractivity contribution in [1.29, 1.82) is 0 Å². The molecule has 183 valence electrons.